The van der Waals surface area contributed by atoms with Gasteiger partial charge in [-0.05, 0) is 89.5 Å². The standard InChI is InChI=1S/C22H23Br3S/c1-2-3-4-5-6-7-16-8-10-17(11-9-16)20(26)15-13-18-12-14-19(23)22(25)21(18)24/h8-15H,2-7H2,1H3. The van der Waals surface area contributed by atoms with E-state index in [-0.39, 0.29) is 0 Å². The summed E-state index contributed by atoms with van der Waals surface area (Å²) in [5.74, 6) is 0. The fourth-order valence-electron chi connectivity index (χ4n) is 2.70. The van der Waals surface area contributed by atoms with Crippen LogP contribution in [0.15, 0.2) is 55.9 Å². The molecule has 0 saturated carbocycles. The van der Waals surface area contributed by atoms with E-state index in [0.717, 1.165) is 35.8 Å². The number of thiocarbonyl (C=S) groups is 1. The number of unbranched alkanes of at least 4 members (excludes halogenated alkanes) is 4. The molecule has 2 aromatic carbocycles. The minimum absolute atomic E-state index is 0.852. The summed E-state index contributed by atoms with van der Waals surface area (Å²) < 4.78 is 3.05. The van der Waals surface area contributed by atoms with E-state index in [4.69, 9.17) is 12.2 Å². The fraction of sp³-hybridized carbons (Fsp3) is 0.318. The van der Waals surface area contributed by atoms with Crippen molar-refractivity contribution in [3.8, 4) is 0 Å². The molecule has 0 aliphatic rings. The minimum Gasteiger partial charge on any atom is -0.0795 e. The van der Waals surface area contributed by atoms with Crippen molar-refractivity contribution in [3.63, 3.8) is 0 Å². The molecule has 0 spiro atoms. The molecule has 26 heavy (non-hydrogen) atoms. The summed E-state index contributed by atoms with van der Waals surface area (Å²) >= 11 is 16.3. The van der Waals surface area contributed by atoms with Crippen LogP contribution in [0.5, 0.6) is 0 Å². The van der Waals surface area contributed by atoms with Gasteiger partial charge in [0, 0.05) is 18.3 Å². The van der Waals surface area contributed by atoms with Gasteiger partial charge in [0.05, 0.1) is 0 Å². The second-order valence-electron chi connectivity index (χ2n) is 6.32. The van der Waals surface area contributed by atoms with Gasteiger partial charge in [0.15, 0.2) is 0 Å². The summed E-state index contributed by atoms with van der Waals surface area (Å²) in [4.78, 5) is 0.852. The van der Waals surface area contributed by atoms with Crippen molar-refractivity contribution in [2.75, 3.05) is 0 Å². The van der Waals surface area contributed by atoms with Crippen LogP contribution >= 0.6 is 60.0 Å². The molecular weight excluding hydrogens is 536 g/mol. The molecule has 0 amide bonds. The Labute approximate surface area is 187 Å². The minimum atomic E-state index is 0.852. The van der Waals surface area contributed by atoms with Gasteiger partial charge in [0.1, 0.15) is 0 Å². The zero-order valence-corrected chi connectivity index (χ0v) is 20.5. The van der Waals surface area contributed by atoms with Crippen molar-refractivity contribution in [2.24, 2.45) is 0 Å². The summed E-state index contributed by atoms with van der Waals surface area (Å²) in [6.45, 7) is 2.25. The van der Waals surface area contributed by atoms with Gasteiger partial charge < -0.3 is 0 Å². The number of benzene rings is 2. The van der Waals surface area contributed by atoms with Crippen LogP contribution in [0.1, 0.15) is 55.7 Å². The van der Waals surface area contributed by atoms with Gasteiger partial charge in [-0.15, -0.1) is 0 Å². The van der Waals surface area contributed by atoms with E-state index in [2.05, 4.69) is 85.0 Å². The molecule has 0 nitrogen and oxygen atoms in total. The third kappa shape index (κ3) is 6.70. The number of halogens is 3. The van der Waals surface area contributed by atoms with Gasteiger partial charge in [0.25, 0.3) is 0 Å². The molecule has 4 heteroatoms. The maximum absolute atomic E-state index is 5.58. The van der Waals surface area contributed by atoms with E-state index < -0.39 is 0 Å². The predicted octanol–water partition coefficient (Wildman–Crippen LogP) is 8.92. The third-order valence-corrected chi connectivity index (χ3v) is 8.06. The first-order valence-electron chi connectivity index (χ1n) is 8.97. The predicted molar refractivity (Wildman–Crippen MR) is 129 cm³/mol. The summed E-state index contributed by atoms with van der Waals surface area (Å²) in [7, 11) is 0. The lowest BCUT2D eigenvalue weighted by Crippen LogP contribution is -1.94. The Hall–Kier alpha value is -0.290. The first kappa shape index (κ1) is 22.0. The molecule has 2 aromatic rings. The average molecular weight is 559 g/mol. The largest absolute Gasteiger partial charge is 0.0795 e. The first-order chi connectivity index (χ1) is 12.5. The van der Waals surface area contributed by atoms with Gasteiger partial charge in [0.2, 0.25) is 0 Å². The summed E-state index contributed by atoms with van der Waals surface area (Å²) in [6.07, 6.45) is 11.8. The van der Waals surface area contributed by atoms with E-state index in [9.17, 15) is 0 Å². The molecule has 0 bridgehead atoms. The van der Waals surface area contributed by atoms with Gasteiger partial charge in [-0.2, -0.15) is 0 Å². The van der Waals surface area contributed by atoms with Crippen molar-refractivity contribution < 1.29 is 0 Å². The van der Waals surface area contributed by atoms with Crippen molar-refractivity contribution in [3.05, 3.63) is 72.6 Å². The van der Waals surface area contributed by atoms with Crippen LogP contribution in [-0.4, -0.2) is 4.86 Å². The molecule has 0 unspecified atom stereocenters. The summed E-state index contributed by atoms with van der Waals surface area (Å²) in [5.41, 5.74) is 3.58. The molecule has 0 atom stereocenters. The molecule has 0 radical (unpaired) electrons. The molecule has 0 saturated heterocycles. The Morgan fingerprint density at radius 3 is 2.27 bits per heavy atom. The second-order valence-corrected chi connectivity index (χ2v) is 9.20. The van der Waals surface area contributed by atoms with Crippen LogP contribution in [0.4, 0.5) is 0 Å². The molecule has 0 aliphatic carbocycles. The number of hydrogen-bond acceptors (Lipinski definition) is 1. The SMILES string of the molecule is CCCCCCCc1ccc(C(=S)C=Cc2ccc(Br)c(Br)c2Br)cc1. The van der Waals surface area contributed by atoms with Gasteiger partial charge in [-0.3, -0.25) is 0 Å². The Balaban J connectivity index is 1.94. The highest BCUT2D eigenvalue weighted by molar-refractivity contribution is 9.14. The lowest BCUT2D eigenvalue weighted by atomic mass is 10.0. The lowest BCUT2D eigenvalue weighted by Gasteiger charge is -2.05. The summed E-state index contributed by atoms with van der Waals surface area (Å²) in [6, 6.07) is 12.8. The Morgan fingerprint density at radius 2 is 1.58 bits per heavy atom. The Kier molecular flexibility index (Phi) is 9.76. The molecule has 0 aliphatic heterocycles. The quantitative estimate of drug-likeness (QED) is 0.0973. The molecule has 138 valence electrons. The van der Waals surface area contributed by atoms with E-state index >= 15 is 0 Å². The topological polar surface area (TPSA) is 0 Å². The van der Waals surface area contributed by atoms with Crippen molar-refractivity contribution in [1.82, 2.24) is 0 Å². The van der Waals surface area contributed by atoms with Crippen molar-refractivity contribution in [1.29, 1.82) is 0 Å². The maximum atomic E-state index is 5.58. The molecule has 0 fully saturated rings. The Morgan fingerprint density at radius 1 is 0.885 bits per heavy atom. The van der Waals surface area contributed by atoms with Gasteiger partial charge >= 0.3 is 0 Å². The highest BCUT2D eigenvalue weighted by Crippen LogP contribution is 2.34. The normalized spacial score (nSPS) is 11.2. The number of rotatable bonds is 9. The van der Waals surface area contributed by atoms with E-state index in [0.29, 0.717) is 0 Å². The first-order valence-corrected chi connectivity index (χ1v) is 11.8. The van der Waals surface area contributed by atoms with E-state index in [1.54, 1.807) is 0 Å². The molecule has 0 heterocycles. The van der Waals surface area contributed by atoms with E-state index in [1.165, 1.54) is 37.7 Å². The molecular formula is C22H23Br3S. The van der Waals surface area contributed by atoms with Crippen molar-refractivity contribution >= 4 is 70.9 Å². The van der Waals surface area contributed by atoms with Crippen molar-refractivity contribution in [2.45, 2.75) is 45.4 Å². The Bertz CT molecular complexity index is 764. The van der Waals surface area contributed by atoms with Gasteiger partial charge in [-0.25, -0.2) is 0 Å². The zero-order chi connectivity index (χ0) is 18.9. The van der Waals surface area contributed by atoms with Crippen LogP contribution in [-0.2, 0) is 6.42 Å². The highest BCUT2D eigenvalue weighted by Gasteiger charge is 2.06. The monoisotopic (exact) mass is 556 g/mol. The average Bonchev–Trinajstić information content (AvgIpc) is 2.65. The molecule has 0 N–H and O–H groups in total. The third-order valence-electron chi connectivity index (χ3n) is 4.29. The highest BCUT2D eigenvalue weighted by atomic mass is 79.9. The number of hydrogen-bond donors (Lipinski definition) is 0. The summed E-state index contributed by atoms with van der Waals surface area (Å²) in [5, 5.41) is 0. The fourth-order valence-corrected chi connectivity index (χ4v) is 4.34. The van der Waals surface area contributed by atoms with Gasteiger partial charge in [-0.1, -0.05) is 81.2 Å². The molecule has 0 aromatic heterocycles. The zero-order valence-electron chi connectivity index (χ0n) is 14.9. The van der Waals surface area contributed by atoms with Crippen LogP contribution in [0.3, 0.4) is 0 Å². The molecule has 2 rings (SSSR count). The second kappa shape index (κ2) is 11.5. The van der Waals surface area contributed by atoms with Crippen LogP contribution in [0.2, 0.25) is 0 Å². The van der Waals surface area contributed by atoms with Crippen LogP contribution < -0.4 is 0 Å². The maximum Gasteiger partial charge on any atom is 0.0465 e. The van der Waals surface area contributed by atoms with E-state index in [1.807, 2.05) is 18.2 Å². The van der Waals surface area contributed by atoms with Crippen LogP contribution in [0, 0.1) is 0 Å². The van der Waals surface area contributed by atoms with Crippen LogP contribution in [0.25, 0.3) is 6.08 Å². The smallest absolute Gasteiger partial charge is 0.0465 e. The number of aryl methyl sites for hydroxylation is 1. The number of allylic oxidation sites excluding steroid dienone is 1. The lowest BCUT2D eigenvalue weighted by molar-refractivity contribution is 0.632.